The number of thioether (sulfide) groups is 1. The Hall–Kier alpha value is -3.05. The lowest BCUT2D eigenvalue weighted by molar-refractivity contribution is -0.113. The van der Waals surface area contributed by atoms with Gasteiger partial charge in [-0.25, -0.2) is 4.98 Å². The largest absolute Gasteiger partial charge is 0.326 e. The van der Waals surface area contributed by atoms with Gasteiger partial charge in [-0.05, 0) is 25.0 Å². The van der Waals surface area contributed by atoms with Crippen LogP contribution in [0.1, 0.15) is 49.0 Å². The monoisotopic (exact) mass is 422 g/mol. The molecule has 30 heavy (non-hydrogen) atoms. The zero-order valence-electron chi connectivity index (χ0n) is 17.9. The van der Waals surface area contributed by atoms with Gasteiger partial charge in [0.1, 0.15) is 17.7 Å². The van der Waals surface area contributed by atoms with Crippen LogP contribution in [0.5, 0.6) is 0 Å². The molecule has 0 fully saturated rings. The maximum atomic E-state index is 12.7. The molecule has 156 valence electrons. The van der Waals surface area contributed by atoms with E-state index >= 15 is 0 Å². The van der Waals surface area contributed by atoms with Gasteiger partial charge in [-0.1, -0.05) is 62.9 Å². The number of rotatable bonds is 6. The summed E-state index contributed by atoms with van der Waals surface area (Å²) in [6.45, 7) is 10.6. The summed E-state index contributed by atoms with van der Waals surface area (Å²) in [5, 5.41) is 20.2. The number of amides is 1. The van der Waals surface area contributed by atoms with Gasteiger partial charge in [0.15, 0.2) is 0 Å². The SMILES string of the molecule is Cc1c(C#N)c(NC(=O)CSc2n[nH]c(C(C)(C)C)n2)n(Cc2ccccc2)c1C. The lowest BCUT2D eigenvalue weighted by atomic mass is 9.96. The molecule has 0 saturated heterocycles. The molecule has 2 aromatic heterocycles. The van der Waals surface area contributed by atoms with E-state index in [2.05, 4.69) is 26.6 Å². The van der Waals surface area contributed by atoms with Gasteiger partial charge in [0.25, 0.3) is 0 Å². The number of carbonyl (C=O) groups excluding carboxylic acids is 1. The van der Waals surface area contributed by atoms with E-state index in [1.165, 1.54) is 11.8 Å². The second-order valence-corrected chi connectivity index (χ2v) is 9.11. The van der Waals surface area contributed by atoms with Crippen LogP contribution in [0, 0.1) is 25.2 Å². The second-order valence-electron chi connectivity index (χ2n) is 8.17. The molecule has 0 spiro atoms. The number of anilines is 1. The number of hydrogen-bond donors (Lipinski definition) is 2. The first-order valence-corrected chi connectivity index (χ1v) is 10.7. The Morgan fingerprint density at radius 3 is 2.57 bits per heavy atom. The van der Waals surface area contributed by atoms with Crippen LogP contribution in [0.2, 0.25) is 0 Å². The molecule has 0 unspecified atom stereocenters. The Morgan fingerprint density at radius 2 is 1.97 bits per heavy atom. The van der Waals surface area contributed by atoms with Crippen molar-refractivity contribution in [3.63, 3.8) is 0 Å². The Balaban J connectivity index is 1.76. The van der Waals surface area contributed by atoms with Gasteiger partial charge in [-0.2, -0.15) is 5.26 Å². The fourth-order valence-electron chi connectivity index (χ4n) is 3.04. The Bertz CT molecular complexity index is 1090. The van der Waals surface area contributed by atoms with Gasteiger partial charge in [0, 0.05) is 17.7 Å². The molecule has 7 nitrogen and oxygen atoms in total. The number of nitriles is 1. The van der Waals surface area contributed by atoms with E-state index in [9.17, 15) is 10.1 Å². The lowest BCUT2D eigenvalue weighted by Gasteiger charge is -2.13. The molecule has 0 aliphatic rings. The van der Waals surface area contributed by atoms with Gasteiger partial charge in [-0.15, -0.1) is 5.10 Å². The Kier molecular flexibility index (Phi) is 6.32. The van der Waals surface area contributed by atoms with Crippen LogP contribution in [0.15, 0.2) is 35.5 Å². The van der Waals surface area contributed by atoms with E-state index in [4.69, 9.17) is 0 Å². The average Bonchev–Trinajstić information content (AvgIpc) is 3.27. The van der Waals surface area contributed by atoms with E-state index in [0.29, 0.717) is 23.1 Å². The highest BCUT2D eigenvalue weighted by Gasteiger charge is 2.21. The summed E-state index contributed by atoms with van der Waals surface area (Å²) in [6.07, 6.45) is 0. The van der Waals surface area contributed by atoms with Crippen molar-refractivity contribution in [1.82, 2.24) is 19.7 Å². The average molecular weight is 423 g/mol. The van der Waals surface area contributed by atoms with Gasteiger partial charge in [-0.3, -0.25) is 9.89 Å². The highest BCUT2D eigenvalue weighted by atomic mass is 32.2. The van der Waals surface area contributed by atoms with Gasteiger partial charge >= 0.3 is 0 Å². The number of nitrogens with zero attached hydrogens (tertiary/aromatic N) is 4. The lowest BCUT2D eigenvalue weighted by Crippen LogP contribution is -2.18. The number of hydrogen-bond acceptors (Lipinski definition) is 5. The van der Waals surface area contributed by atoms with Gasteiger partial charge < -0.3 is 9.88 Å². The van der Waals surface area contributed by atoms with Crippen molar-refractivity contribution in [2.24, 2.45) is 0 Å². The van der Waals surface area contributed by atoms with Crippen LogP contribution in [-0.4, -0.2) is 31.4 Å². The maximum absolute atomic E-state index is 12.7. The van der Waals surface area contributed by atoms with Crippen molar-refractivity contribution in [2.75, 3.05) is 11.1 Å². The van der Waals surface area contributed by atoms with Crippen molar-refractivity contribution in [2.45, 2.75) is 51.7 Å². The minimum Gasteiger partial charge on any atom is -0.326 e. The summed E-state index contributed by atoms with van der Waals surface area (Å²) in [4.78, 5) is 17.1. The Morgan fingerprint density at radius 1 is 1.27 bits per heavy atom. The molecule has 2 N–H and O–H groups in total. The fraction of sp³-hybridized carbons (Fsp3) is 0.364. The molecule has 1 aromatic carbocycles. The maximum Gasteiger partial charge on any atom is 0.235 e. The minimum absolute atomic E-state index is 0.136. The summed E-state index contributed by atoms with van der Waals surface area (Å²) in [5.74, 6) is 1.26. The first-order chi connectivity index (χ1) is 14.2. The first kappa shape index (κ1) is 21.7. The van der Waals surface area contributed by atoms with Crippen molar-refractivity contribution >= 4 is 23.5 Å². The third kappa shape index (κ3) is 4.74. The van der Waals surface area contributed by atoms with E-state index in [1.807, 2.05) is 69.5 Å². The third-order valence-electron chi connectivity index (χ3n) is 4.89. The van der Waals surface area contributed by atoms with Crippen LogP contribution in [-0.2, 0) is 16.8 Å². The smallest absolute Gasteiger partial charge is 0.235 e. The highest BCUT2D eigenvalue weighted by molar-refractivity contribution is 7.99. The molecule has 1 amide bonds. The molecule has 3 aromatic rings. The van der Waals surface area contributed by atoms with Crippen molar-refractivity contribution in [1.29, 1.82) is 5.26 Å². The molecule has 0 radical (unpaired) electrons. The number of nitrogens with one attached hydrogen (secondary N) is 2. The van der Waals surface area contributed by atoms with Crippen LogP contribution in [0.3, 0.4) is 0 Å². The van der Waals surface area contributed by atoms with Crippen LogP contribution in [0.4, 0.5) is 5.82 Å². The third-order valence-corrected chi connectivity index (χ3v) is 5.74. The molecule has 0 aliphatic carbocycles. The van der Waals surface area contributed by atoms with Crippen molar-refractivity contribution < 1.29 is 4.79 Å². The number of carbonyl (C=O) groups is 1. The molecule has 0 atom stereocenters. The molecule has 2 heterocycles. The topological polar surface area (TPSA) is 99.4 Å². The number of aromatic amines is 1. The molecular formula is C22H26N6OS. The predicted octanol–water partition coefficient (Wildman–Crippen LogP) is 4.17. The quantitative estimate of drug-likeness (QED) is 0.581. The zero-order valence-corrected chi connectivity index (χ0v) is 18.7. The summed E-state index contributed by atoms with van der Waals surface area (Å²) >= 11 is 1.26. The van der Waals surface area contributed by atoms with Crippen LogP contribution >= 0.6 is 11.8 Å². The van der Waals surface area contributed by atoms with E-state index in [-0.39, 0.29) is 17.1 Å². The second kappa shape index (κ2) is 8.76. The van der Waals surface area contributed by atoms with E-state index in [0.717, 1.165) is 22.6 Å². The molecule has 8 heteroatoms. The highest BCUT2D eigenvalue weighted by Crippen LogP contribution is 2.28. The standard InChI is InChI=1S/C22H26N6OS/c1-14-15(2)28(12-16-9-7-6-8-10-16)19(17(14)11-23)24-18(29)13-30-21-25-20(26-27-21)22(3,4)5/h6-10H,12-13H2,1-5H3,(H,24,29)(H,25,26,27). The summed E-state index contributed by atoms with van der Waals surface area (Å²) in [7, 11) is 0. The first-order valence-electron chi connectivity index (χ1n) is 9.70. The molecule has 3 rings (SSSR count). The molecular weight excluding hydrogens is 396 g/mol. The Labute approximate surface area is 180 Å². The molecule has 0 aliphatic heterocycles. The summed E-state index contributed by atoms with van der Waals surface area (Å²) < 4.78 is 1.98. The predicted molar refractivity (Wildman–Crippen MR) is 119 cm³/mol. The number of benzene rings is 1. The number of aromatic nitrogens is 4. The van der Waals surface area contributed by atoms with Crippen molar-refractivity contribution in [3.8, 4) is 6.07 Å². The minimum atomic E-state index is -0.203. The van der Waals surface area contributed by atoms with E-state index in [1.54, 1.807) is 0 Å². The van der Waals surface area contributed by atoms with Crippen molar-refractivity contribution in [3.05, 3.63) is 58.5 Å². The summed E-state index contributed by atoms with van der Waals surface area (Å²) in [6, 6.07) is 12.2. The molecule has 0 bridgehead atoms. The normalized spacial score (nSPS) is 11.3. The van der Waals surface area contributed by atoms with Crippen LogP contribution < -0.4 is 5.32 Å². The molecule has 0 saturated carbocycles. The van der Waals surface area contributed by atoms with Crippen LogP contribution in [0.25, 0.3) is 0 Å². The van der Waals surface area contributed by atoms with Gasteiger partial charge in [0.05, 0.1) is 11.3 Å². The van der Waals surface area contributed by atoms with Gasteiger partial charge in [0.2, 0.25) is 11.1 Å². The zero-order chi connectivity index (χ0) is 21.9. The summed E-state index contributed by atoms with van der Waals surface area (Å²) in [5.41, 5.74) is 3.29. The number of H-pyrrole nitrogens is 1. The van der Waals surface area contributed by atoms with E-state index < -0.39 is 0 Å². The fourth-order valence-corrected chi connectivity index (χ4v) is 3.64.